The molecule has 1 aromatic heterocycles. The first-order valence-corrected chi connectivity index (χ1v) is 14.4. The van der Waals surface area contributed by atoms with Crippen LogP contribution >= 0.6 is 23.2 Å². The van der Waals surface area contributed by atoms with Crippen LogP contribution in [0.3, 0.4) is 0 Å². The molecule has 1 amide bonds. The highest BCUT2D eigenvalue weighted by atomic mass is 35.5. The van der Waals surface area contributed by atoms with Gasteiger partial charge >= 0.3 is 0 Å². The van der Waals surface area contributed by atoms with Crippen LogP contribution in [0, 0.1) is 13.8 Å². The minimum Gasteiger partial charge on any atom is -0.438 e. The number of nitrogens with zero attached hydrogens (tertiary/aromatic N) is 1. The predicted molar refractivity (Wildman–Crippen MR) is 159 cm³/mol. The fourth-order valence-corrected chi connectivity index (χ4v) is 6.32. The molecule has 0 aliphatic heterocycles. The van der Waals surface area contributed by atoms with Gasteiger partial charge in [-0.2, -0.15) is 0 Å². The number of fused-ring (bicyclic) bond motifs is 1. The van der Waals surface area contributed by atoms with Crippen molar-refractivity contribution in [1.82, 2.24) is 4.98 Å². The van der Waals surface area contributed by atoms with Gasteiger partial charge in [-0.15, -0.1) is 0 Å². The maximum atomic E-state index is 13.6. The number of benzene rings is 4. The van der Waals surface area contributed by atoms with Crippen molar-refractivity contribution < 1.29 is 17.9 Å². The van der Waals surface area contributed by atoms with Gasteiger partial charge in [0.05, 0.1) is 10.5 Å². The number of pyridine rings is 1. The Morgan fingerprint density at radius 3 is 2.35 bits per heavy atom. The Morgan fingerprint density at radius 2 is 1.60 bits per heavy atom. The second-order valence-corrected chi connectivity index (χ2v) is 11.5. The Bertz CT molecular complexity index is 1860. The van der Waals surface area contributed by atoms with Gasteiger partial charge in [-0.3, -0.25) is 9.52 Å². The molecule has 5 aromatic rings. The number of halogens is 2. The van der Waals surface area contributed by atoms with Crippen molar-refractivity contribution in [3.63, 3.8) is 0 Å². The number of carbonyl (C=O) groups excluding carboxylic acids is 1. The summed E-state index contributed by atoms with van der Waals surface area (Å²) >= 11 is 12.4. The molecule has 0 aliphatic rings. The summed E-state index contributed by atoms with van der Waals surface area (Å²) in [4.78, 5) is 18.1. The number of sulfonamides is 1. The molecular formula is C30H23Cl2N3O4S. The number of aryl methyl sites for hydroxylation is 1. The molecule has 1 heterocycles. The SMILES string of the molecule is Cc1cc(Cl)ccc1Oc1nc2ccccc2cc1C(=O)Nc1ccc(Cl)c(S(=O)(=O)Nc2ccccc2)c1C. The van der Waals surface area contributed by atoms with Gasteiger partial charge < -0.3 is 10.1 Å². The lowest BCUT2D eigenvalue weighted by molar-refractivity contribution is 0.102. The lowest BCUT2D eigenvalue weighted by Crippen LogP contribution is -2.18. The Morgan fingerprint density at radius 1 is 0.875 bits per heavy atom. The summed E-state index contributed by atoms with van der Waals surface area (Å²) < 4.78 is 35.2. The highest BCUT2D eigenvalue weighted by molar-refractivity contribution is 7.93. The molecule has 0 saturated heterocycles. The summed E-state index contributed by atoms with van der Waals surface area (Å²) in [6.45, 7) is 3.42. The number of aromatic nitrogens is 1. The van der Waals surface area contributed by atoms with Crippen LogP contribution in [0.1, 0.15) is 21.5 Å². The van der Waals surface area contributed by atoms with Crippen LogP contribution in [0.15, 0.2) is 95.9 Å². The average Bonchev–Trinajstić information content (AvgIpc) is 2.91. The minimum absolute atomic E-state index is 0.0218. The van der Waals surface area contributed by atoms with Gasteiger partial charge in [-0.05, 0) is 79.6 Å². The number of anilines is 2. The van der Waals surface area contributed by atoms with E-state index in [0.717, 1.165) is 10.9 Å². The molecular weight excluding hydrogens is 569 g/mol. The third kappa shape index (κ3) is 5.74. The van der Waals surface area contributed by atoms with E-state index in [1.165, 1.54) is 6.07 Å². The van der Waals surface area contributed by atoms with Crippen LogP contribution in [0.2, 0.25) is 10.0 Å². The zero-order chi connectivity index (χ0) is 28.4. The fourth-order valence-electron chi connectivity index (χ4n) is 4.20. The Kier molecular flexibility index (Phi) is 7.67. The third-order valence-corrected chi connectivity index (χ3v) is 8.41. The molecule has 10 heteroatoms. The molecule has 2 N–H and O–H groups in total. The molecule has 0 fully saturated rings. The molecule has 0 saturated carbocycles. The van der Waals surface area contributed by atoms with E-state index in [-0.39, 0.29) is 32.6 Å². The highest BCUT2D eigenvalue weighted by Crippen LogP contribution is 2.34. The van der Waals surface area contributed by atoms with Gasteiger partial charge in [0.1, 0.15) is 16.2 Å². The first-order chi connectivity index (χ1) is 19.1. The Hall–Kier alpha value is -4.11. The average molecular weight is 593 g/mol. The summed E-state index contributed by atoms with van der Waals surface area (Å²) in [6.07, 6.45) is 0. The first-order valence-electron chi connectivity index (χ1n) is 12.1. The zero-order valence-corrected chi connectivity index (χ0v) is 23.7. The maximum absolute atomic E-state index is 13.6. The van der Waals surface area contributed by atoms with Crippen LogP contribution in [0.25, 0.3) is 10.9 Å². The molecule has 4 aromatic carbocycles. The van der Waals surface area contributed by atoms with Gasteiger partial charge in [0, 0.05) is 21.8 Å². The molecule has 0 unspecified atom stereocenters. The number of hydrogen-bond acceptors (Lipinski definition) is 5. The second-order valence-electron chi connectivity index (χ2n) is 9.02. The minimum atomic E-state index is -4.06. The molecule has 0 spiro atoms. The molecule has 0 aliphatic carbocycles. The van der Waals surface area contributed by atoms with E-state index in [2.05, 4.69) is 15.0 Å². The van der Waals surface area contributed by atoms with Crippen LogP contribution in [-0.2, 0) is 10.0 Å². The predicted octanol–water partition coefficient (Wildman–Crippen LogP) is 8.00. The van der Waals surface area contributed by atoms with Gasteiger partial charge in [0.25, 0.3) is 15.9 Å². The fraction of sp³-hybridized carbons (Fsp3) is 0.0667. The normalized spacial score (nSPS) is 11.3. The lowest BCUT2D eigenvalue weighted by Gasteiger charge is -2.17. The molecule has 40 heavy (non-hydrogen) atoms. The Balaban J connectivity index is 1.52. The van der Waals surface area contributed by atoms with Gasteiger partial charge in [0.15, 0.2) is 0 Å². The number of carbonyl (C=O) groups is 1. The summed E-state index contributed by atoms with van der Waals surface area (Å²) in [7, 11) is -4.06. The van der Waals surface area contributed by atoms with E-state index >= 15 is 0 Å². The van der Waals surface area contributed by atoms with Crippen molar-refractivity contribution in [1.29, 1.82) is 0 Å². The zero-order valence-electron chi connectivity index (χ0n) is 21.4. The van der Waals surface area contributed by atoms with Gasteiger partial charge in [-0.25, -0.2) is 13.4 Å². The number of hydrogen-bond donors (Lipinski definition) is 2. The smallest absolute Gasteiger partial charge is 0.263 e. The van der Waals surface area contributed by atoms with Crippen LogP contribution < -0.4 is 14.8 Å². The first kappa shape index (κ1) is 27.5. The topological polar surface area (TPSA) is 97.4 Å². The van der Waals surface area contributed by atoms with Gasteiger partial charge in [-0.1, -0.05) is 59.6 Å². The summed E-state index contributed by atoms with van der Waals surface area (Å²) in [5.74, 6) is 0.0424. The monoisotopic (exact) mass is 591 g/mol. The largest absolute Gasteiger partial charge is 0.438 e. The second kappa shape index (κ2) is 11.2. The lowest BCUT2D eigenvalue weighted by atomic mass is 10.1. The van der Waals surface area contributed by atoms with Crippen LogP contribution in [0.5, 0.6) is 11.6 Å². The number of ether oxygens (including phenoxy) is 1. The molecule has 0 atom stereocenters. The number of para-hydroxylation sites is 2. The Labute approximate surface area is 241 Å². The van der Waals surface area contributed by atoms with E-state index < -0.39 is 15.9 Å². The van der Waals surface area contributed by atoms with E-state index in [1.54, 1.807) is 67.6 Å². The summed E-state index contributed by atoms with van der Waals surface area (Å²) in [6, 6.07) is 25.6. The van der Waals surface area contributed by atoms with Crippen molar-refractivity contribution in [2.24, 2.45) is 0 Å². The van der Waals surface area contributed by atoms with E-state index in [9.17, 15) is 13.2 Å². The summed E-state index contributed by atoms with van der Waals surface area (Å²) in [5, 5.41) is 4.12. The quantitative estimate of drug-likeness (QED) is 0.200. The highest BCUT2D eigenvalue weighted by Gasteiger charge is 2.25. The summed E-state index contributed by atoms with van der Waals surface area (Å²) in [5.41, 5.74) is 2.49. The van der Waals surface area contributed by atoms with E-state index in [1.807, 2.05) is 31.2 Å². The number of rotatable bonds is 7. The van der Waals surface area contributed by atoms with Crippen LogP contribution in [-0.4, -0.2) is 19.3 Å². The number of nitrogens with one attached hydrogen (secondary N) is 2. The molecule has 7 nitrogen and oxygen atoms in total. The van der Waals surface area contributed by atoms with Crippen molar-refractivity contribution in [2.45, 2.75) is 18.7 Å². The molecule has 0 radical (unpaired) electrons. The third-order valence-electron chi connectivity index (χ3n) is 6.18. The van der Waals surface area contributed by atoms with Crippen molar-refractivity contribution >= 4 is 61.4 Å². The van der Waals surface area contributed by atoms with E-state index in [0.29, 0.717) is 22.0 Å². The molecule has 202 valence electrons. The number of amides is 1. The van der Waals surface area contributed by atoms with Crippen LogP contribution in [0.4, 0.5) is 11.4 Å². The van der Waals surface area contributed by atoms with Crippen molar-refractivity contribution in [2.75, 3.05) is 10.0 Å². The van der Waals surface area contributed by atoms with Gasteiger partial charge in [0.2, 0.25) is 5.88 Å². The van der Waals surface area contributed by atoms with Crippen molar-refractivity contribution in [3.8, 4) is 11.6 Å². The van der Waals surface area contributed by atoms with Crippen molar-refractivity contribution in [3.05, 3.63) is 118 Å². The molecule has 5 rings (SSSR count). The van der Waals surface area contributed by atoms with E-state index in [4.69, 9.17) is 27.9 Å². The maximum Gasteiger partial charge on any atom is 0.263 e. The molecule has 0 bridgehead atoms. The standard InChI is InChI=1S/C30H23Cl2N3O4S/c1-18-16-21(31)12-15-27(18)39-30-23(17-20-8-6-7-11-26(20)34-30)29(36)33-25-14-13-24(32)28(19(25)2)40(37,38)35-22-9-4-3-5-10-22/h3-17,35H,1-2H3,(H,33,36).